The first-order valence-electron chi connectivity index (χ1n) is 6.25. The number of nitrogens with one attached hydrogen (secondary N) is 2. The van der Waals surface area contributed by atoms with E-state index >= 15 is 0 Å². The SMILES string of the molecule is O=C(NCc1cccc(OS(=O)(=O)F)c1)Nc1ccccc1. The van der Waals surface area contributed by atoms with Crippen molar-refractivity contribution in [3.05, 3.63) is 60.2 Å². The number of anilines is 1. The highest BCUT2D eigenvalue weighted by molar-refractivity contribution is 7.81. The largest absolute Gasteiger partial charge is 0.488 e. The van der Waals surface area contributed by atoms with Crippen molar-refractivity contribution in [1.82, 2.24) is 5.32 Å². The first-order valence-corrected chi connectivity index (χ1v) is 7.56. The molecule has 0 bridgehead atoms. The molecule has 0 aromatic heterocycles. The smallest absolute Gasteiger partial charge is 0.358 e. The maximum absolute atomic E-state index is 12.4. The molecule has 0 saturated carbocycles. The van der Waals surface area contributed by atoms with Gasteiger partial charge in [0.15, 0.2) is 0 Å². The first-order chi connectivity index (χ1) is 10.4. The van der Waals surface area contributed by atoms with Gasteiger partial charge >= 0.3 is 16.5 Å². The third kappa shape index (κ3) is 5.41. The molecule has 0 atom stereocenters. The molecule has 0 aliphatic rings. The van der Waals surface area contributed by atoms with Crippen LogP contribution in [-0.2, 0) is 17.0 Å². The standard InChI is InChI=1S/C14H13FN2O4S/c15-22(19,20)21-13-8-4-5-11(9-13)10-16-14(18)17-12-6-2-1-3-7-12/h1-9H,10H2,(H2,16,17,18). The maximum Gasteiger partial charge on any atom is 0.488 e. The molecule has 0 fully saturated rings. The zero-order valence-electron chi connectivity index (χ0n) is 11.3. The van der Waals surface area contributed by atoms with Crippen molar-refractivity contribution in [1.29, 1.82) is 0 Å². The third-order valence-corrected chi connectivity index (χ3v) is 2.97. The Kier molecular flexibility index (Phi) is 4.95. The van der Waals surface area contributed by atoms with E-state index in [2.05, 4.69) is 14.8 Å². The van der Waals surface area contributed by atoms with Crippen LogP contribution in [0.1, 0.15) is 5.56 Å². The minimum absolute atomic E-state index is 0.127. The van der Waals surface area contributed by atoms with Crippen LogP contribution < -0.4 is 14.8 Å². The molecular formula is C14H13FN2O4S. The Hall–Kier alpha value is -2.61. The average Bonchev–Trinajstić information content (AvgIpc) is 2.45. The van der Waals surface area contributed by atoms with Crippen molar-refractivity contribution in [3.63, 3.8) is 0 Å². The molecule has 0 unspecified atom stereocenters. The lowest BCUT2D eigenvalue weighted by atomic mass is 10.2. The number of amides is 2. The van der Waals surface area contributed by atoms with Crippen molar-refractivity contribution in [2.45, 2.75) is 6.54 Å². The van der Waals surface area contributed by atoms with Gasteiger partial charge in [-0.05, 0) is 29.8 Å². The Bertz CT molecular complexity index is 750. The van der Waals surface area contributed by atoms with E-state index in [1.54, 1.807) is 30.3 Å². The number of urea groups is 1. The Balaban J connectivity index is 1.91. The highest BCUT2D eigenvalue weighted by Crippen LogP contribution is 2.16. The van der Waals surface area contributed by atoms with E-state index in [-0.39, 0.29) is 12.3 Å². The lowest BCUT2D eigenvalue weighted by Gasteiger charge is -2.08. The second kappa shape index (κ2) is 6.90. The van der Waals surface area contributed by atoms with Gasteiger partial charge in [-0.3, -0.25) is 0 Å². The summed E-state index contributed by atoms with van der Waals surface area (Å²) >= 11 is 0. The molecule has 2 amide bonds. The fraction of sp³-hybridized carbons (Fsp3) is 0.0714. The lowest BCUT2D eigenvalue weighted by Crippen LogP contribution is -2.28. The van der Waals surface area contributed by atoms with Crippen molar-refractivity contribution < 1.29 is 21.3 Å². The number of halogens is 1. The van der Waals surface area contributed by atoms with E-state index in [0.29, 0.717) is 11.3 Å². The predicted octanol–water partition coefficient (Wildman–Crippen LogP) is 2.60. The van der Waals surface area contributed by atoms with Gasteiger partial charge in [0.1, 0.15) is 5.75 Å². The molecule has 116 valence electrons. The highest BCUT2D eigenvalue weighted by atomic mass is 32.3. The summed E-state index contributed by atoms with van der Waals surface area (Å²) in [6.45, 7) is 0.127. The van der Waals surface area contributed by atoms with Crippen LogP contribution in [0.15, 0.2) is 54.6 Å². The van der Waals surface area contributed by atoms with Gasteiger partial charge in [0.05, 0.1) is 0 Å². The van der Waals surface area contributed by atoms with Gasteiger partial charge in [0.25, 0.3) is 0 Å². The molecule has 0 spiro atoms. The quantitative estimate of drug-likeness (QED) is 0.828. The number of hydrogen-bond donors (Lipinski definition) is 2. The van der Waals surface area contributed by atoms with Crippen LogP contribution in [-0.4, -0.2) is 14.4 Å². The average molecular weight is 324 g/mol. The van der Waals surface area contributed by atoms with Gasteiger partial charge in [-0.1, -0.05) is 34.2 Å². The van der Waals surface area contributed by atoms with Gasteiger partial charge in [0.2, 0.25) is 0 Å². The lowest BCUT2D eigenvalue weighted by molar-refractivity contribution is 0.251. The zero-order valence-corrected chi connectivity index (χ0v) is 12.1. The van der Waals surface area contributed by atoms with Crippen LogP contribution in [0, 0.1) is 0 Å². The number of carbonyl (C=O) groups excluding carboxylic acids is 1. The number of para-hydroxylation sites is 1. The summed E-state index contributed by atoms with van der Waals surface area (Å²) in [6, 6.07) is 14.2. The molecule has 2 N–H and O–H groups in total. The molecule has 0 aliphatic heterocycles. The van der Waals surface area contributed by atoms with E-state index in [0.717, 1.165) is 0 Å². The molecule has 8 heteroatoms. The minimum Gasteiger partial charge on any atom is -0.358 e. The number of rotatable bonds is 5. The molecule has 0 radical (unpaired) electrons. The second-order valence-corrected chi connectivity index (χ2v) is 5.25. The van der Waals surface area contributed by atoms with Crippen LogP contribution in [0.25, 0.3) is 0 Å². The number of carbonyl (C=O) groups is 1. The van der Waals surface area contributed by atoms with Gasteiger partial charge in [-0.2, -0.15) is 8.42 Å². The third-order valence-electron chi connectivity index (χ3n) is 2.58. The monoisotopic (exact) mass is 324 g/mol. The van der Waals surface area contributed by atoms with E-state index in [9.17, 15) is 17.1 Å². The van der Waals surface area contributed by atoms with Crippen molar-refractivity contribution in [2.24, 2.45) is 0 Å². The van der Waals surface area contributed by atoms with Gasteiger partial charge in [-0.25, -0.2) is 4.79 Å². The van der Waals surface area contributed by atoms with Crippen molar-refractivity contribution in [3.8, 4) is 5.75 Å². The highest BCUT2D eigenvalue weighted by Gasteiger charge is 2.10. The van der Waals surface area contributed by atoms with Gasteiger partial charge in [0, 0.05) is 12.2 Å². The van der Waals surface area contributed by atoms with Crippen LogP contribution in [0.2, 0.25) is 0 Å². The second-order valence-electron chi connectivity index (χ2n) is 4.30. The summed E-state index contributed by atoms with van der Waals surface area (Å²) in [7, 11) is -5.07. The molecule has 6 nitrogen and oxygen atoms in total. The normalized spacial score (nSPS) is 10.8. The first kappa shape index (κ1) is 15.8. The zero-order chi connectivity index (χ0) is 16.0. The number of benzene rings is 2. The Morgan fingerprint density at radius 1 is 1.09 bits per heavy atom. The summed E-state index contributed by atoms with van der Waals surface area (Å²) in [6.07, 6.45) is 0. The van der Waals surface area contributed by atoms with Crippen molar-refractivity contribution >= 4 is 22.2 Å². The molecule has 2 rings (SSSR count). The van der Waals surface area contributed by atoms with Crippen LogP contribution in [0.3, 0.4) is 0 Å². The maximum atomic E-state index is 12.4. The fourth-order valence-electron chi connectivity index (χ4n) is 1.70. The Morgan fingerprint density at radius 3 is 2.50 bits per heavy atom. The molecule has 2 aromatic rings. The fourth-order valence-corrected chi connectivity index (χ4v) is 2.03. The Labute approximate surface area is 127 Å². The minimum atomic E-state index is -5.07. The van der Waals surface area contributed by atoms with E-state index in [4.69, 9.17) is 0 Å². The summed E-state index contributed by atoms with van der Waals surface area (Å²) in [5, 5.41) is 5.22. The predicted molar refractivity (Wildman–Crippen MR) is 79.4 cm³/mol. The van der Waals surface area contributed by atoms with E-state index < -0.39 is 16.5 Å². The summed E-state index contributed by atoms with van der Waals surface area (Å²) < 4.78 is 37.4. The van der Waals surface area contributed by atoms with Crippen LogP contribution in [0.5, 0.6) is 5.75 Å². The van der Waals surface area contributed by atoms with Gasteiger partial charge in [-0.15, -0.1) is 0 Å². The molecule has 0 saturated heterocycles. The van der Waals surface area contributed by atoms with E-state index in [1.165, 1.54) is 18.2 Å². The van der Waals surface area contributed by atoms with Crippen LogP contribution >= 0.6 is 0 Å². The molecule has 0 heterocycles. The van der Waals surface area contributed by atoms with Crippen LogP contribution in [0.4, 0.5) is 14.4 Å². The van der Waals surface area contributed by atoms with E-state index in [1.807, 2.05) is 6.07 Å². The molecular weight excluding hydrogens is 311 g/mol. The summed E-state index contributed by atoms with van der Waals surface area (Å²) in [4.78, 5) is 11.7. The Morgan fingerprint density at radius 2 is 1.82 bits per heavy atom. The molecule has 2 aromatic carbocycles. The molecule has 0 aliphatic carbocycles. The van der Waals surface area contributed by atoms with Crippen molar-refractivity contribution in [2.75, 3.05) is 5.32 Å². The van der Waals surface area contributed by atoms with Gasteiger partial charge < -0.3 is 14.8 Å². The molecule has 22 heavy (non-hydrogen) atoms. The summed E-state index contributed by atoms with van der Waals surface area (Å²) in [5.74, 6) is -0.162. The number of hydrogen-bond acceptors (Lipinski definition) is 4. The topological polar surface area (TPSA) is 84.5 Å². The summed E-state index contributed by atoms with van der Waals surface area (Å²) in [5.41, 5.74) is 1.20.